The largest absolute Gasteiger partial charge is 0.401 e. The molecule has 3 rings (SSSR count). The Labute approximate surface area is 145 Å². The number of nitrogens with one attached hydrogen (secondary N) is 3. The molecular weight excluding hydrogens is 328 g/mol. The first kappa shape index (κ1) is 17.0. The second-order valence-electron chi connectivity index (χ2n) is 6.07. The zero-order chi connectivity index (χ0) is 17.3. The summed E-state index contributed by atoms with van der Waals surface area (Å²) in [5, 5.41) is 13.9. The molecule has 24 heavy (non-hydrogen) atoms. The number of hydrogen-bond donors (Lipinski definition) is 4. The molecule has 0 saturated carbocycles. The number of rotatable bonds is 5. The van der Waals surface area contributed by atoms with E-state index in [1.165, 1.54) is 0 Å². The SMILES string of the molecule is CC/C(N)=C(\Cl)C(=N)C(=O)Nc1ccc([C@@H]2O[C@H]3CN[C@@H]2C3)cc1. The molecule has 7 heteroatoms. The summed E-state index contributed by atoms with van der Waals surface area (Å²) in [6.07, 6.45) is 1.90. The van der Waals surface area contributed by atoms with E-state index in [4.69, 9.17) is 27.5 Å². The van der Waals surface area contributed by atoms with E-state index < -0.39 is 5.91 Å². The number of ether oxygens (including phenoxy) is 1. The highest BCUT2D eigenvalue weighted by Crippen LogP contribution is 2.37. The van der Waals surface area contributed by atoms with Crippen LogP contribution >= 0.6 is 11.6 Å². The molecule has 6 nitrogen and oxygen atoms in total. The van der Waals surface area contributed by atoms with Crippen LogP contribution in [0, 0.1) is 5.41 Å². The van der Waals surface area contributed by atoms with Gasteiger partial charge in [-0.2, -0.15) is 0 Å². The monoisotopic (exact) mass is 348 g/mol. The van der Waals surface area contributed by atoms with Gasteiger partial charge in [0.1, 0.15) is 5.71 Å². The number of carbonyl (C=O) groups is 1. The van der Waals surface area contributed by atoms with Gasteiger partial charge in [-0.05, 0) is 30.5 Å². The summed E-state index contributed by atoms with van der Waals surface area (Å²) in [4.78, 5) is 12.1. The van der Waals surface area contributed by atoms with Crippen molar-refractivity contribution in [2.75, 3.05) is 11.9 Å². The number of benzene rings is 1. The van der Waals surface area contributed by atoms with E-state index >= 15 is 0 Å². The van der Waals surface area contributed by atoms with Gasteiger partial charge in [-0.1, -0.05) is 30.7 Å². The van der Waals surface area contributed by atoms with Crippen LogP contribution in [0.3, 0.4) is 0 Å². The first-order valence-corrected chi connectivity index (χ1v) is 8.40. The molecule has 1 aromatic carbocycles. The second kappa shape index (κ2) is 6.93. The van der Waals surface area contributed by atoms with Crippen LogP contribution in [0.1, 0.15) is 31.4 Å². The molecule has 0 aliphatic carbocycles. The zero-order valence-corrected chi connectivity index (χ0v) is 14.2. The second-order valence-corrected chi connectivity index (χ2v) is 6.45. The lowest BCUT2D eigenvalue weighted by atomic mass is 10.0. The topological polar surface area (TPSA) is 100 Å². The summed E-state index contributed by atoms with van der Waals surface area (Å²) in [7, 11) is 0. The van der Waals surface area contributed by atoms with Crippen molar-refractivity contribution >= 4 is 28.9 Å². The number of allylic oxidation sites excluding steroid dienone is 1. The van der Waals surface area contributed by atoms with Crippen molar-refractivity contribution in [2.24, 2.45) is 5.73 Å². The minimum atomic E-state index is -0.581. The van der Waals surface area contributed by atoms with Gasteiger partial charge in [0.25, 0.3) is 5.91 Å². The maximum absolute atomic E-state index is 12.1. The third-order valence-electron chi connectivity index (χ3n) is 4.44. The Kier molecular flexibility index (Phi) is 4.89. The first-order valence-electron chi connectivity index (χ1n) is 8.02. The molecule has 0 radical (unpaired) electrons. The van der Waals surface area contributed by atoms with Crippen molar-refractivity contribution in [3.63, 3.8) is 0 Å². The number of amides is 1. The van der Waals surface area contributed by atoms with Crippen LogP contribution in [-0.2, 0) is 9.53 Å². The van der Waals surface area contributed by atoms with Gasteiger partial charge in [-0.25, -0.2) is 0 Å². The molecule has 1 aromatic rings. The van der Waals surface area contributed by atoms with E-state index in [0.717, 1.165) is 18.5 Å². The van der Waals surface area contributed by atoms with Crippen molar-refractivity contribution in [3.05, 3.63) is 40.6 Å². The number of morpholine rings is 1. The lowest BCUT2D eigenvalue weighted by Gasteiger charge is -2.23. The first-order chi connectivity index (χ1) is 11.5. The molecule has 2 bridgehead atoms. The summed E-state index contributed by atoms with van der Waals surface area (Å²) in [6, 6.07) is 7.84. The minimum Gasteiger partial charge on any atom is -0.401 e. The van der Waals surface area contributed by atoms with Gasteiger partial charge < -0.3 is 21.1 Å². The number of carbonyl (C=O) groups excluding carboxylic acids is 1. The van der Waals surface area contributed by atoms with Gasteiger partial charge in [-0.15, -0.1) is 0 Å². The van der Waals surface area contributed by atoms with E-state index in [1.807, 2.05) is 19.1 Å². The molecule has 0 unspecified atom stereocenters. The Morgan fingerprint density at radius 2 is 2.17 bits per heavy atom. The molecule has 5 N–H and O–H groups in total. The fourth-order valence-corrected chi connectivity index (χ4v) is 3.26. The maximum atomic E-state index is 12.1. The molecule has 0 spiro atoms. The Hall–Kier alpha value is -1.89. The van der Waals surface area contributed by atoms with E-state index in [1.54, 1.807) is 12.1 Å². The predicted molar refractivity (Wildman–Crippen MR) is 94.2 cm³/mol. The van der Waals surface area contributed by atoms with E-state index in [-0.39, 0.29) is 16.8 Å². The van der Waals surface area contributed by atoms with Crippen LogP contribution in [0.25, 0.3) is 0 Å². The average molecular weight is 349 g/mol. The van der Waals surface area contributed by atoms with Gasteiger partial charge in [0, 0.05) is 24.0 Å². The lowest BCUT2D eigenvalue weighted by Crippen LogP contribution is -2.34. The molecule has 2 saturated heterocycles. The Morgan fingerprint density at radius 1 is 1.46 bits per heavy atom. The molecule has 128 valence electrons. The Bertz CT molecular complexity index is 686. The third-order valence-corrected chi connectivity index (χ3v) is 4.87. The van der Waals surface area contributed by atoms with E-state index in [2.05, 4.69) is 10.6 Å². The van der Waals surface area contributed by atoms with Crippen LogP contribution < -0.4 is 16.4 Å². The molecule has 2 aliphatic rings. The van der Waals surface area contributed by atoms with Crippen molar-refractivity contribution in [2.45, 2.75) is 38.0 Å². The van der Waals surface area contributed by atoms with Gasteiger partial charge in [0.2, 0.25) is 0 Å². The zero-order valence-electron chi connectivity index (χ0n) is 13.4. The summed E-state index contributed by atoms with van der Waals surface area (Å²) in [5.41, 5.74) is 7.35. The molecule has 1 amide bonds. The molecular formula is C17H21ClN4O2. The fraction of sp³-hybridized carbons (Fsp3) is 0.412. The number of fused-ring (bicyclic) bond motifs is 2. The van der Waals surface area contributed by atoms with Gasteiger partial charge >= 0.3 is 0 Å². The molecule has 2 heterocycles. The van der Waals surface area contributed by atoms with Crippen LogP contribution in [0.4, 0.5) is 5.69 Å². The molecule has 2 aliphatic heterocycles. The van der Waals surface area contributed by atoms with E-state index in [9.17, 15) is 4.79 Å². The standard InChI is InChI=1S/C17H21ClN4O2/c1-2-12(19)14(18)15(20)17(23)22-10-5-3-9(4-6-10)16-13-7-11(24-16)8-21-13/h3-6,11,13,16,20-21H,2,7-8,19H2,1H3,(H,22,23)/b14-12+,20-15?/t11-,13-,16+/m1/s1. The molecule has 3 atom stereocenters. The van der Waals surface area contributed by atoms with Crippen LogP contribution in [-0.4, -0.2) is 30.3 Å². The number of hydrogen-bond acceptors (Lipinski definition) is 5. The summed E-state index contributed by atoms with van der Waals surface area (Å²) < 4.78 is 5.95. The normalized spacial score (nSPS) is 26.2. The highest BCUT2D eigenvalue weighted by Gasteiger charge is 2.41. The highest BCUT2D eigenvalue weighted by molar-refractivity contribution is 6.60. The van der Waals surface area contributed by atoms with E-state index in [0.29, 0.717) is 30.0 Å². The Balaban J connectivity index is 1.64. The van der Waals surface area contributed by atoms with Gasteiger partial charge in [0.15, 0.2) is 0 Å². The maximum Gasteiger partial charge on any atom is 0.275 e. The summed E-state index contributed by atoms with van der Waals surface area (Å²) in [5.74, 6) is -0.581. The number of anilines is 1. The molecule has 2 fully saturated rings. The summed E-state index contributed by atoms with van der Waals surface area (Å²) in [6.45, 7) is 2.74. The van der Waals surface area contributed by atoms with Gasteiger partial charge in [-0.3, -0.25) is 10.2 Å². The van der Waals surface area contributed by atoms with Crippen molar-refractivity contribution in [3.8, 4) is 0 Å². The third kappa shape index (κ3) is 3.31. The quantitative estimate of drug-likeness (QED) is 0.613. The number of nitrogens with two attached hydrogens (primary N) is 1. The van der Waals surface area contributed by atoms with Crippen molar-refractivity contribution < 1.29 is 9.53 Å². The van der Waals surface area contributed by atoms with Crippen LogP contribution in [0.15, 0.2) is 35.0 Å². The Morgan fingerprint density at radius 3 is 2.71 bits per heavy atom. The highest BCUT2D eigenvalue weighted by atomic mass is 35.5. The van der Waals surface area contributed by atoms with Gasteiger partial charge in [0.05, 0.1) is 17.2 Å². The van der Waals surface area contributed by atoms with Crippen molar-refractivity contribution in [1.82, 2.24) is 5.32 Å². The minimum absolute atomic E-state index is 0.00641. The average Bonchev–Trinajstić information content (AvgIpc) is 3.23. The number of halogens is 1. The fourth-order valence-electron chi connectivity index (χ4n) is 3.05. The van der Waals surface area contributed by atoms with Crippen molar-refractivity contribution in [1.29, 1.82) is 5.41 Å². The predicted octanol–water partition coefficient (Wildman–Crippen LogP) is 2.27. The molecule has 0 aromatic heterocycles. The summed E-state index contributed by atoms with van der Waals surface area (Å²) >= 11 is 5.94. The smallest absolute Gasteiger partial charge is 0.275 e. The van der Waals surface area contributed by atoms with Crippen LogP contribution in [0.2, 0.25) is 0 Å². The van der Waals surface area contributed by atoms with Crippen LogP contribution in [0.5, 0.6) is 0 Å². The lowest BCUT2D eigenvalue weighted by molar-refractivity contribution is -0.110.